The quantitative estimate of drug-likeness (QED) is 0.158. The van der Waals surface area contributed by atoms with E-state index in [1.54, 1.807) is 6.07 Å². The summed E-state index contributed by atoms with van der Waals surface area (Å²) in [5.74, 6) is -2.26. The van der Waals surface area contributed by atoms with Crippen LogP contribution in [0.15, 0.2) is 46.9 Å². The highest BCUT2D eigenvalue weighted by atomic mass is 32.2. The molecule has 3 N–H and O–H groups in total. The summed E-state index contributed by atoms with van der Waals surface area (Å²) >= 11 is 0. The average Bonchev–Trinajstić information content (AvgIpc) is 4.05. The number of ether oxygens (including phenoxy) is 3. The van der Waals surface area contributed by atoms with Crippen molar-refractivity contribution in [2.24, 2.45) is 5.92 Å². The molecular weight excluding hydrogens is 822 g/mol. The number of amides is 4. The van der Waals surface area contributed by atoms with E-state index < -0.39 is 74.5 Å². The lowest BCUT2D eigenvalue weighted by Gasteiger charge is -2.30. The average molecular weight is 874 g/mol. The lowest BCUT2D eigenvalue weighted by atomic mass is 10.0. The number of halogens is 1. The number of fused-ring (bicyclic) bond motifs is 6. The molecule has 62 heavy (non-hydrogen) atoms. The number of pyridine rings is 1. The highest BCUT2D eigenvalue weighted by molar-refractivity contribution is 7.91. The predicted octanol–water partition coefficient (Wildman–Crippen LogP) is 6.37. The highest BCUT2D eigenvalue weighted by Crippen LogP contribution is 2.47. The number of rotatable bonds is 9. The maximum absolute atomic E-state index is 15.0. The normalized spacial score (nSPS) is 26.6. The van der Waals surface area contributed by atoms with Crippen molar-refractivity contribution in [2.45, 2.75) is 132 Å². The number of allylic oxidation sites excluding steroid dienone is 1. The Hall–Kier alpha value is -5.45. The van der Waals surface area contributed by atoms with Crippen molar-refractivity contribution in [2.75, 3.05) is 13.2 Å². The molecular formula is C45H52FN5O10S. The van der Waals surface area contributed by atoms with Crippen LogP contribution >= 0.6 is 0 Å². The number of sulfonamides is 1. The molecule has 330 valence electrons. The molecule has 1 saturated heterocycles. The van der Waals surface area contributed by atoms with Crippen molar-refractivity contribution < 1.29 is 50.6 Å². The summed E-state index contributed by atoms with van der Waals surface area (Å²) in [5.41, 5.74) is 0.809. The van der Waals surface area contributed by atoms with Gasteiger partial charge < -0.3 is 34.2 Å². The van der Waals surface area contributed by atoms with Gasteiger partial charge in [-0.05, 0) is 108 Å². The number of benzene rings is 2. The van der Waals surface area contributed by atoms with Gasteiger partial charge in [0.2, 0.25) is 21.8 Å². The van der Waals surface area contributed by atoms with Crippen LogP contribution in [0.25, 0.3) is 33.0 Å². The number of nitrogens with zero attached hydrogens (tertiary/aromatic N) is 2. The van der Waals surface area contributed by atoms with Crippen LogP contribution in [0.2, 0.25) is 0 Å². The largest absolute Gasteiger partial charge is 0.493 e. The van der Waals surface area contributed by atoms with Gasteiger partial charge >= 0.3 is 6.09 Å². The minimum absolute atomic E-state index is 0.0657. The first-order valence-electron chi connectivity index (χ1n) is 21.9. The van der Waals surface area contributed by atoms with Gasteiger partial charge in [0.15, 0.2) is 11.3 Å². The number of aromatic nitrogens is 1. The second-order valence-electron chi connectivity index (χ2n) is 17.4. The summed E-state index contributed by atoms with van der Waals surface area (Å²) < 4.78 is 68.0. The van der Waals surface area contributed by atoms with E-state index >= 15 is 4.39 Å². The van der Waals surface area contributed by atoms with E-state index in [9.17, 15) is 27.6 Å². The molecule has 0 radical (unpaired) electrons. The van der Waals surface area contributed by atoms with E-state index in [0.717, 1.165) is 44.1 Å². The molecule has 9 rings (SSSR count). The van der Waals surface area contributed by atoms with E-state index in [1.165, 1.54) is 17.0 Å². The second kappa shape index (κ2) is 16.7. The zero-order chi connectivity index (χ0) is 43.3. The number of hydrogen-bond donors (Lipinski definition) is 3. The first kappa shape index (κ1) is 41.9. The molecule has 0 spiro atoms. The molecule has 3 saturated carbocycles. The molecule has 0 unspecified atom stereocenters. The zero-order valence-electron chi connectivity index (χ0n) is 34.9. The van der Waals surface area contributed by atoms with Gasteiger partial charge in [-0.1, -0.05) is 25.0 Å². The van der Waals surface area contributed by atoms with Crippen LogP contribution in [0.1, 0.15) is 96.0 Å². The van der Waals surface area contributed by atoms with Crippen molar-refractivity contribution in [3.63, 3.8) is 0 Å². The highest BCUT2D eigenvalue weighted by Gasteiger charge is 2.62. The minimum Gasteiger partial charge on any atom is -0.493 e. The molecule has 3 aliphatic carbocycles. The minimum atomic E-state index is -3.94. The zero-order valence-corrected chi connectivity index (χ0v) is 35.7. The molecule has 4 aromatic rings. The van der Waals surface area contributed by atoms with Crippen LogP contribution in [-0.2, 0) is 29.1 Å². The van der Waals surface area contributed by atoms with Crippen molar-refractivity contribution >= 4 is 66.8 Å². The maximum atomic E-state index is 15.0. The monoisotopic (exact) mass is 873 g/mol. The maximum Gasteiger partial charge on any atom is 0.408 e. The lowest BCUT2D eigenvalue weighted by molar-refractivity contribution is -0.141. The van der Waals surface area contributed by atoms with E-state index in [0.29, 0.717) is 65.4 Å². The Kier molecular flexibility index (Phi) is 11.3. The van der Waals surface area contributed by atoms with Crippen molar-refractivity contribution in [3.05, 3.63) is 53.9 Å². The summed E-state index contributed by atoms with van der Waals surface area (Å²) in [5, 5.41) is 6.03. The fourth-order valence-electron chi connectivity index (χ4n) is 9.34. The summed E-state index contributed by atoms with van der Waals surface area (Å²) in [6.07, 6.45) is 9.38. The Labute approximate surface area is 358 Å². The molecule has 17 heteroatoms. The molecule has 15 nitrogen and oxygen atoms in total. The second-order valence-corrected chi connectivity index (χ2v) is 19.3. The topological polar surface area (TPSA) is 195 Å². The van der Waals surface area contributed by atoms with Crippen LogP contribution in [0.4, 0.5) is 9.18 Å². The van der Waals surface area contributed by atoms with Gasteiger partial charge in [0.25, 0.3) is 5.91 Å². The van der Waals surface area contributed by atoms with E-state index in [4.69, 9.17) is 23.6 Å². The van der Waals surface area contributed by atoms with Gasteiger partial charge in [-0.25, -0.2) is 22.6 Å². The number of aryl methyl sites for hydroxylation is 1. The smallest absolute Gasteiger partial charge is 0.408 e. The molecule has 2 aliphatic heterocycles. The third kappa shape index (κ3) is 8.15. The van der Waals surface area contributed by atoms with Crippen molar-refractivity contribution in [1.82, 2.24) is 25.2 Å². The standard InChI is InChI=1S/C45H52FN5O10S/c1-3-58-36-20-18-31-37-40(61-38(31)25(36)2)39(32-21-27(46)15-19-33(32)47-37)59-29-22-35-41(52)49-45(43(54)50-62(56,57)30-16-17-30)23-26(45)11-7-5-4-6-8-14-34(42(53)51(35)24-29)48-44(55)60-28-12-9-10-13-28/h7,11,15,18-21,26,28-30,34-35H,3-6,8-10,12-14,16-17,22-24H2,1-2H3,(H,48,55)(H,49,52)(H,50,54)/b11-7-/t26-,29-,34+,35+,45-/m1/s1. The molecule has 5 atom stereocenters. The molecule has 0 bridgehead atoms. The summed E-state index contributed by atoms with van der Waals surface area (Å²) in [6.45, 7) is 4.06. The Balaban J connectivity index is 1.08. The number of alkyl carbamates (subject to hydrolysis) is 1. The molecule has 5 aliphatic rings. The number of hydrogen-bond acceptors (Lipinski definition) is 11. The van der Waals surface area contributed by atoms with Gasteiger partial charge in [-0.2, -0.15) is 0 Å². The van der Waals surface area contributed by atoms with Gasteiger partial charge in [-0.15, -0.1) is 0 Å². The molecule has 4 heterocycles. The Morgan fingerprint density at radius 2 is 1.79 bits per heavy atom. The Morgan fingerprint density at radius 3 is 2.56 bits per heavy atom. The predicted molar refractivity (Wildman–Crippen MR) is 226 cm³/mol. The SMILES string of the molecule is CCOc1ccc2c(oc3c(O[C@@H]4C[C@H]5C(=O)N[C@]6(C(=O)NS(=O)(=O)C7CC7)C[C@H]6/C=C\CCCCC[C@H](NC(=O)OC6CCCC6)C(=O)N5C4)c4cc(F)ccc4nc32)c1C. The van der Waals surface area contributed by atoms with E-state index in [1.807, 2.05) is 38.1 Å². The fraction of sp³-hybridized carbons (Fsp3) is 0.533. The van der Waals surface area contributed by atoms with Crippen LogP contribution in [-0.4, -0.2) is 90.3 Å². The van der Waals surface area contributed by atoms with Crippen molar-refractivity contribution in [3.8, 4) is 11.5 Å². The first-order chi connectivity index (χ1) is 29.8. The van der Waals surface area contributed by atoms with Gasteiger partial charge in [-0.3, -0.25) is 19.1 Å². The molecule has 4 fully saturated rings. The lowest BCUT2D eigenvalue weighted by Crippen LogP contribution is -2.58. The summed E-state index contributed by atoms with van der Waals surface area (Å²) in [4.78, 5) is 62.9. The molecule has 4 amide bonds. The number of nitrogens with one attached hydrogen (secondary N) is 3. The number of furan rings is 1. The van der Waals surface area contributed by atoms with Crippen LogP contribution in [0.3, 0.4) is 0 Å². The fourth-order valence-corrected chi connectivity index (χ4v) is 10.7. The molecule has 2 aromatic heterocycles. The van der Waals surface area contributed by atoms with Gasteiger partial charge in [0.05, 0.1) is 23.9 Å². The molecule has 2 aromatic carbocycles. The Bertz CT molecular complexity index is 2590. The van der Waals surface area contributed by atoms with Crippen LogP contribution < -0.4 is 24.8 Å². The first-order valence-corrected chi connectivity index (χ1v) is 23.5. The van der Waals surface area contributed by atoms with Crippen LogP contribution in [0, 0.1) is 18.7 Å². The third-order valence-corrected chi connectivity index (χ3v) is 14.8. The van der Waals surface area contributed by atoms with Crippen LogP contribution in [0.5, 0.6) is 11.5 Å². The van der Waals surface area contributed by atoms with E-state index in [-0.39, 0.29) is 43.2 Å². The Morgan fingerprint density at radius 1 is 1.00 bits per heavy atom. The number of carbonyl (C=O) groups is 4. The third-order valence-electron chi connectivity index (χ3n) is 13.0. The van der Waals surface area contributed by atoms with Gasteiger partial charge in [0.1, 0.15) is 52.5 Å². The number of carbonyl (C=O) groups excluding carboxylic acids is 4. The van der Waals surface area contributed by atoms with E-state index in [2.05, 4.69) is 15.4 Å². The van der Waals surface area contributed by atoms with Gasteiger partial charge in [0, 0.05) is 28.7 Å². The summed E-state index contributed by atoms with van der Waals surface area (Å²) in [6, 6.07) is 5.55. The summed E-state index contributed by atoms with van der Waals surface area (Å²) in [7, 11) is -3.94. The van der Waals surface area contributed by atoms with Crippen molar-refractivity contribution in [1.29, 1.82) is 0 Å².